The number of hydrogen-bond acceptors (Lipinski definition) is 3. The van der Waals surface area contributed by atoms with Gasteiger partial charge in [0, 0.05) is 0 Å². The average molecular weight is 292 g/mol. The maximum Gasteiger partial charge on any atom is 0.335 e. The van der Waals surface area contributed by atoms with E-state index in [0.717, 1.165) is 17.5 Å². The summed E-state index contributed by atoms with van der Waals surface area (Å²) in [6.07, 6.45) is 5.31. The Labute approximate surface area is 125 Å². The van der Waals surface area contributed by atoms with E-state index < -0.39 is 12.1 Å². The number of benzene rings is 1. The van der Waals surface area contributed by atoms with Gasteiger partial charge in [-0.25, -0.2) is 4.79 Å². The van der Waals surface area contributed by atoms with Crippen LogP contribution in [-0.2, 0) is 0 Å². The average Bonchev–Trinajstić information content (AvgIpc) is 2.90. The minimum Gasteiger partial charge on any atom is -0.490 e. The third kappa shape index (κ3) is 4.21. The Kier molecular flexibility index (Phi) is 5.23. The first kappa shape index (κ1) is 15.8. The van der Waals surface area contributed by atoms with Crippen molar-refractivity contribution in [1.82, 2.24) is 0 Å². The molecular formula is C17H24O4. The van der Waals surface area contributed by atoms with Crippen LogP contribution in [-0.4, -0.2) is 28.9 Å². The molecule has 0 spiro atoms. The van der Waals surface area contributed by atoms with Crippen molar-refractivity contribution >= 4 is 5.97 Å². The molecule has 0 heterocycles. The summed E-state index contributed by atoms with van der Waals surface area (Å²) in [6, 6.07) is 3.21. The number of rotatable bonds is 6. The third-order valence-electron chi connectivity index (χ3n) is 4.21. The predicted molar refractivity (Wildman–Crippen MR) is 81.0 cm³/mol. The van der Waals surface area contributed by atoms with Gasteiger partial charge in [0.2, 0.25) is 0 Å². The van der Waals surface area contributed by atoms with Crippen molar-refractivity contribution in [2.45, 2.75) is 52.1 Å². The summed E-state index contributed by atoms with van der Waals surface area (Å²) in [7, 11) is 0. The number of carboxylic acid groups (broad SMARTS) is 1. The maximum absolute atomic E-state index is 11.0. The summed E-state index contributed by atoms with van der Waals surface area (Å²) >= 11 is 0. The highest BCUT2D eigenvalue weighted by Crippen LogP contribution is 2.29. The third-order valence-corrected chi connectivity index (χ3v) is 4.21. The second-order valence-corrected chi connectivity index (χ2v) is 6.10. The zero-order chi connectivity index (χ0) is 15.4. The van der Waals surface area contributed by atoms with Gasteiger partial charge in [-0.2, -0.15) is 0 Å². The lowest BCUT2D eigenvalue weighted by Crippen LogP contribution is -2.21. The van der Waals surface area contributed by atoms with Gasteiger partial charge in [-0.05, 0) is 49.4 Å². The number of aromatic carboxylic acids is 1. The number of carbonyl (C=O) groups is 1. The Morgan fingerprint density at radius 2 is 1.86 bits per heavy atom. The number of aliphatic hydroxyl groups excluding tert-OH is 1. The van der Waals surface area contributed by atoms with Crippen molar-refractivity contribution in [3.63, 3.8) is 0 Å². The highest BCUT2D eigenvalue weighted by Gasteiger charge is 2.19. The van der Waals surface area contributed by atoms with Gasteiger partial charge in [0.15, 0.2) is 0 Å². The number of carboxylic acids is 1. The Bertz CT molecular complexity index is 481. The van der Waals surface area contributed by atoms with E-state index in [-0.39, 0.29) is 12.2 Å². The van der Waals surface area contributed by atoms with Gasteiger partial charge in [0.25, 0.3) is 0 Å². The van der Waals surface area contributed by atoms with E-state index in [1.165, 1.54) is 25.7 Å². The van der Waals surface area contributed by atoms with Crippen LogP contribution in [0.2, 0.25) is 0 Å². The van der Waals surface area contributed by atoms with Crippen molar-refractivity contribution in [3.05, 3.63) is 28.8 Å². The van der Waals surface area contributed by atoms with Crippen LogP contribution < -0.4 is 4.74 Å². The van der Waals surface area contributed by atoms with E-state index >= 15 is 0 Å². The van der Waals surface area contributed by atoms with Gasteiger partial charge in [-0.3, -0.25) is 0 Å². The maximum atomic E-state index is 11.0. The predicted octanol–water partition coefficient (Wildman–Crippen LogP) is 3.32. The molecule has 0 aliphatic heterocycles. The molecule has 4 nitrogen and oxygen atoms in total. The molecule has 21 heavy (non-hydrogen) atoms. The summed E-state index contributed by atoms with van der Waals surface area (Å²) in [5.74, 6) is 0.375. The zero-order valence-electron chi connectivity index (χ0n) is 12.8. The topological polar surface area (TPSA) is 66.8 Å². The van der Waals surface area contributed by atoms with Crippen LogP contribution in [0.5, 0.6) is 5.75 Å². The molecule has 0 amide bonds. The lowest BCUT2D eigenvalue weighted by Gasteiger charge is -2.18. The van der Waals surface area contributed by atoms with Gasteiger partial charge in [-0.1, -0.05) is 25.7 Å². The lowest BCUT2D eigenvalue weighted by molar-refractivity contribution is 0.0695. The molecule has 0 radical (unpaired) electrons. The Morgan fingerprint density at radius 1 is 1.29 bits per heavy atom. The highest BCUT2D eigenvalue weighted by molar-refractivity contribution is 5.88. The number of aliphatic hydroxyl groups is 1. The number of hydrogen-bond donors (Lipinski definition) is 2. The smallest absolute Gasteiger partial charge is 0.335 e. The molecule has 1 aliphatic carbocycles. The largest absolute Gasteiger partial charge is 0.490 e. The van der Waals surface area contributed by atoms with Gasteiger partial charge < -0.3 is 14.9 Å². The van der Waals surface area contributed by atoms with E-state index in [1.807, 2.05) is 13.8 Å². The monoisotopic (exact) mass is 292 g/mol. The summed E-state index contributed by atoms with van der Waals surface area (Å²) in [5.41, 5.74) is 1.85. The second-order valence-electron chi connectivity index (χ2n) is 6.10. The molecule has 1 aromatic rings. The molecule has 2 N–H and O–H groups in total. The van der Waals surface area contributed by atoms with Crippen molar-refractivity contribution in [2.24, 2.45) is 5.92 Å². The number of aryl methyl sites for hydroxylation is 2. The van der Waals surface area contributed by atoms with Crippen LogP contribution >= 0.6 is 0 Å². The van der Waals surface area contributed by atoms with Crippen LogP contribution in [0.1, 0.15) is 53.6 Å². The van der Waals surface area contributed by atoms with Gasteiger partial charge in [0.05, 0.1) is 11.7 Å². The van der Waals surface area contributed by atoms with Crippen molar-refractivity contribution < 1.29 is 19.7 Å². The minimum atomic E-state index is -0.936. The fraction of sp³-hybridized carbons (Fsp3) is 0.588. The van der Waals surface area contributed by atoms with E-state index in [4.69, 9.17) is 9.84 Å². The Hall–Kier alpha value is -1.55. The fourth-order valence-electron chi connectivity index (χ4n) is 3.18. The first-order chi connectivity index (χ1) is 9.97. The SMILES string of the molecule is Cc1cc(C(=O)O)cc(C)c1OCC(O)CC1CCCC1. The van der Waals surface area contributed by atoms with Crippen LogP contribution in [0.15, 0.2) is 12.1 Å². The molecule has 2 rings (SSSR count). The van der Waals surface area contributed by atoms with Crippen molar-refractivity contribution in [2.75, 3.05) is 6.61 Å². The molecule has 1 aromatic carbocycles. The summed E-state index contributed by atoms with van der Waals surface area (Å²) in [6.45, 7) is 3.93. The molecule has 1 unspecified atom stereocenters. The lowest BCUT2D eigenvalue weighted by atomic mass is 10.0. The molecule has 0 bridgehead atoms. The summed E-state index contributed by atoms with van der Waals surface area (Å²) in [5, 5.41) is 19.1. The fourth-order valence-corrected chi connectivity index (χ4v) is 3.18. The standard InChI is InChI=1S/C17H24O4/c1-11-7-14(17(19)20)8-12(2)16(11)21-10-15(18)9-13-5-3-4-6-13/h7-8,13,15,18H,3-6,9-10H2,1-2H3,(H,19,20). The van der Waals surface area contributed by atoms with E-state index in [2.05, 4.69) is 0 Å². The Balaban J connectivity index is 1.94. The molecule has 1 saturated carbocycles. The van der Waals surface area contributed by atoms with Crippen LogP contribution in [0.25, 0.3) is 0 Å². The van der Waals surface area contributed by atoms with Crippen LogP contribution in [0.3, 0.4) is 0 Å². The zero-order valence-corrected chi connectivity index (χ0v) is 12.8. The summed E-state index contributed by atoms with van der Waals surface area (Å²) < 4.78 is 5.73. The number of ether oxygens (including phenoxy) is 1. The minimum absolute atomic E-state index is 0.267. The van der Waals surface area contributed by atoms with E-state index in [1.54, 1.807) is 12.1 Å². The van der Waals surface area contributed by atoms with E-state index in [9.17, 15) is 9.90 Å². The quantitative estimate of drug-likeness (QED) is 0.844. The summed E-state index contributed by atoms with van der Waals surface area (Å²) in [4.78, 5) is 11.0. The molecule has 1 aliphatic rings. The van der Waals surface area contributed by atoms with Gasteiger partial charge in [-0.15, -0.1) is 0 Å². The first-order valence-corrected chi connectivity index (χ1v) is 7.62. The van der Waals surface area contributed by atoms with Gasteiger partial charge in [0.1, 0.15) is 12.4 Å². The molecule has 116 valence electrons. The van der Waals surface area contributed by atoms with Gasteiger partial charge >= 0.3 is 5.97 Å². The first-order valence-electron chi connectivity index (χ1n) is 7.62. The van der Waals surface area contributed by atoms with E-state index in [0.29, 0.717) is 11.7 Å². The molecule has 0 aromatic heterocycles. The molecular weight excluding hydrogens is 268 g/mol. The van der Waals surface area contributed by atoms with Crippen molar-refractivity contribution in [3.8, 4) is 5.75 Å². The second kappa shape index (κ2) is 6.94. The highest BCUT2D eigenvalue weighted by atomic mass is 16.5. The van der Waals surface area contributed by atoms with Crippen LogP contribution in [0, 0.1) is 19.8 Å². The normalized spacial score (nSPS) is 16.9. The molecule has 1 fully saturated rings. The van der Waals surface area contributed by atoms with Crippen molar-refractivity contribution in [1.29, 1.82) is 0 Å². The molecule has 0 saturated heterocycles. The molecule has 4 heteroatoms. The Morgan fingerprint density at radius 3 is 2.38 bits per heavy atom. The van der Waals surface area contributed by atoms with Crippen LogP contribution in [0.4, 0.5) is 0 Å². The molecule has 1 atom stereocenters.